The van der Waals surface area contributed by atoms with Crippen LogP contribution in [0.1, 0.15) is 5.56 Å². The molecule has 0 radical (unpaired) electrons. The van der Waals surface area contributed by atoms with Crippen molar-refractivity contribution >= 4 is 23.3 Å². The Morgan fingerprint density at radius 1 is 1.53 bits per heavy atom. The number of fused-ring (bicyclic) bond motifs is 1. The summed E-state index contributed by atoms with van der Waals surface area (Å²) in [7, 11) is 1.79. The molecule has 3 rings (SSSR count). The predicted molar refractivity (Wildman–Crippen MR) is 71.4 cm³/mol. The number of hydrogen-bond acceptors (Lipinski definition) is 3. The van der Waals surface area contributed by atoms with Crippen molar-refractivity contribution in [1.82, 2.24) is 9.78 Å². The summed E-state index contributed by atoms with van der Waals surface area (Å²) in [5.41, 5.74) is 0.952. The lowest BCUT2D eigenvalue weighted by molar-refractivity contribution is -0.122. The molecule has 5 nitrogen and oxygen atoms in total. The summed E-state index contributed by atoms with van der Waals surface area (Å²) in [6.45, 7) is 0. The molecule has 1 amide bonds. The summed E-state index contributed by atoms with van der Waals surface area (Å²) in [5.74, 6) is 1.03. The van der Waals surface area contributed by atoms with Gasteiger partial charge >= 0.3 is 0 Å². The third kappa shape index (κ3) is 2.42. The van der Waals surface area contributed by atoms with E-state index in [1.54, 1.807) is 36.1 Å². The van der Waals surface area contributed by atoms with Crippen molar-refractivity contribution in [3.63, 3.8) is 0 Å². The predicted octanol–water partition coefficient (Wildman–Crippen LogP) is 2.02. The average molecular weight is 278 g/mol. The van der Waals surface area contributed by atoms with Gasteiger partial charge in [0.15, 0.2) is 11.9 Å². The van der Waals surface area contributed by atoms with E-state index in [-0.39, 0.29) is 5.91 Å². The number of nitrogens with zero attached hydrogens (tertiary/aromatic N) is 2. The summed E-state index contributed by atoms with van der Waals surface area (Å²) in [5, 5.41) is 7.47. The first-order valence-corrected chi connectivity index (χ1v) is 6.25. The first-order valence-electron chi connectivity index (χ1n) is 5.87. The Balaban J connectivity index is 1.70. The zero-order chi connectivity index (χ0) is 13.4. The van der Waals surface area contributed by atoms with E-state index in [9.17, 15) is 4.79 Å². The van der Waals surface area contributed by atoms with Crippen molar-refractivity contribution in [1.29, 1.82) is 0 Å². The van der Waals surface area contributed by atoms with E-state index in [2.05, 4.69) is 10.4 Å². The van der Waals surface area contributed by atoms with Gasteiger partial charge in [-0.25, -0.2) is 0 Å². The Bertz CT molecular complexity index is 639. The van der Waals surface area contributed by atoms with Gasteiger partial charge in [0.2, 0.25) is 0 Å². The van der Waals surface area contributed by atoms with Gasteiger partial charge in [-0.1, -0.05) is 11.6 Å². The number of aryl methyl sites for hydroxylation is 1. The van der Waals surface area contributed by atoms with Crippen LogP contribution in [-0.2, 0) is 18.3 Å². The Kier molecular flexibility index (Phi) is 2.91. The monoisotopic (exact) mass is 277 g/mol. The highest BCUT2D eigenvalue weighted by molar-refractivity contribution is 6.30. The van der Waals surface area contributed by atoms with Crippen molar-refractivity contribution in [2.45, 2.75) is 12.5 Å². The average Bonchev–Trinajstić information content (AvgIpc) is 2.95. The molecule has 0 spiro atoms. The van der Waals surface area contributed by atoms with Crippen molar-refractivity contribution in [3.8, 4) is 5.75 Å². The Labute approximate surface area is 115 Å². The maximum absolute atomic E-state index is 12.1. The number of amides is 1. The maximum Gasteiger partial charge on any atom is 0.266 e. The molecule has 1 aromatic heterocycles. The number of carbonyl (C=O) groups is 1. The van der Waals surface area contributed by atoms with Crippen molar-refractivity contribution in [2.24, 2.45) is 7.05 Å². The number of rotatable bonds is 2. The van der Waals surface area contributed by atoms with Gasteiger partial charge in [0.05, 0.1) is 0 Å². The van der Waals surface area contributed by atoms with Crippen LogP contribution in [0.5, 0.6) is 5.75 Å². The first kappa shape index (κ1) is 12.0. The fraction of sp³-hybridized carbons (Fsp3) is 0.231. The fourth-order valence-corrected chi connectivity index (χ4v) is 2.25. The first-order chi connectivity index (χ1) is 9.11. The number of benzene rings is 1. The van der Waals surface area contributed by atoms with Crippen LogP contribution in [0.4, 0.5) is 5.82 Å². The minimum atomic E-state index is -0.532. The molecule has 0 bridgehead atoms. The number of carbonyl (C=O) groups excluding carboxylic acids is 1. The molecule has 1 aliphatic rings. The smallest absolute Gasteiger partial charge is 0.266 e. The summed E-state index contributed by atoms with van der Waals surface area (Å²) >= 11 is 5.91. The highest BCUT2D eigenvalue weighted by Gasteiger charge is 2.29. The Morgan fingerprint density at radius 3 is 3.11 bits per heavy atom. The van der Waals surface area contributed by atoms with Crippen LogP contribution in [0.15, 0.2) is 30.5 Å². The van der Waals surface area contributed by atoms with E-state index in [1.165, 1.54) is 0 Å². The lowest BCUT2D eigenvalue weighted by atomic mass is 10.1. The molecule has 0 fully saturated rings. The van der Waals surface area contributed by atoms with Gasteiger partial charge in [0.25, 0.3) is 5.91 Å². The normalized spacial score (nSPS) is 16.8. The summed E-state index contributed by atoms with van der Waals surface area (Å²) in [6.07, 6.45) is 1.75. The lowest BCUT2D eigenvalue weighted by Gasteiger charge is -2.09. The number of nitrogens with one attached hydrogen (secondary N) is 1. The molecule has 0 aliphatic carbocycles. The fourth-order valence-electron chi connectivity index (χ4n) is 2.05. The van der Waals surface area contributed by atoms with Crippen LogP contribution in [0.2, 0.25) is 5.02 Å². The van der Waals surface area contributed by atoms with Crippen LogP contribution in [0, 0.1) is 0 Å². The van der Waals surface area contributed by atoms with E-state index >= 15 is 0 Å². The molecule has 1 N–H and O–H groups in total. The van der Waals surface area contributed by atoms with Crippen LogP contribution >= 0.6 is 11.6 Å². The van der Waals surface area contributed by atoms with Gasteiger partial charge in [-0.3, -0.25) is 9.48 Å². The third-order valence-electron chi connectivity index (χ3n) is 2.95. The Morgan fingerprint density at radius 2 is 2.37 bits per heavy atom. The minimum Gasteiger partial charge on any atom is -0.480 e. The third-order valence-corrected chi connectivity index (χ3v) is 3.19. The second-order valence-electron chi connectivity index (χ2n) is 4.43. The summed E-state index contributed by atoms with van der Waals surface area (Å²) in [4.78, 5) is 12.1. The molecule has 2 heterocycles. The highest BCUT2D eigenvalue weighted by Crippen LogP contribution is 2.31. The zero-order valence-corrected chi connectivity index (χ0v) is 11.0. The van der Waals surface area contributed by atoms with E-state index in [0.717, 1.165) is 5.56 Å². The largest absolute Gasteiger partial charge is 0.480 e. The number of anilines is 1. The van der Waals surface area contributed by atoms with E-state index in [1.807, 2.05) is 6.07 Å². The van der Waals surface area contributed by atoms with Gasteiger partial charge in [-0.2, -0.15) is 5.10 Å². The summed E-state index contributed by atoms with van der Waals surface area (Å²) in [6, 6.07) is 7.09. The molecule has 1 aromatic carbocycles. The molecule has 0 unspecified atom stereocenters. The molecule has 0 saturated heterocycles. The number of aromatic nitrogens is 2. The van der Waals surface area contributed by atoms with Crippen molar-refractivity contribution in [2.75, 3.05) is 5.32 Å². The maximum atomic E-state index is 12.1. The molecular weight excluding hydrogens is 266 g/mol. The lowest BCUT2D eigenvalue weighted by Crippen LogP contribution is -2.31. The van der Waals surface area contributed by atoms with E-state index < -0.39 is 6.10 Å². The number of halogens is 1. The van der Waals surface area contributed by atoms with Crippen LogP contribution in [-0.4, -0.2) is 21.8 Å². The van der Waals surface area contributed by atoms with Gasteiger partial charge in [0.1, 0.15) is 5.75 Å². The standard InChI is InChI=1S/C13H12ClN3O2/c1-17-5-4-12(16-17)15-13(18)11-7-8-6-9(14)2-3-10(8)19-11/h2-6,11H,7H2,1H3,(H,15,16,18)/t11-/m0/s1. The van der Waals surface area contributed by atoms with Gasteiger partial charge in [0, 0.05) is 30.8 Å². The molecule has 1 aliphatic heterocycles. The zero-order valence-electron chi connectivity index (χ0n) is 10.3. The Hall–Kier alpha value is -2.01. The van der Waals surface area contributed by atoms with Crippen LogP contribution < -0.4 is 10.1 Å². The molecule has 0 saturated carbocycles. The quantitative estimate of drug-likeness (QED) is 0.914. The number of ether oxygens (including phenoxy) is 1. The highest BCUT2D eigenvalue weighted by atomic mass is 35.5. The molecule has 2 aromatic rings. The summed E-state index contributed by atoms with van der Waals surface area (Å²) < 4.78 is 7.22. The molecule has 1 atom stereocenters. The van der Waals surface area contributed by atoms with E-state index in [0.29, 0.717) is 23.0 Å². The van der Waals surface area contributed by atoms with Crippen molar-refractivity contribution in [3.05, 3.63) is 41.0 Å². The number of hydrogen-bond donors (Lipinski definition) is 1. The minimum absolute atomic E-state index is 0.203. The second kappa shape index (κ2) is 4.59. The van der Waals surface area contributed by atoms with Gasteiger partial charge in [-0.15, -0.1) is 0 Å². The topological polar surface area (TPSA) is 56.2 Å². The molecule has 6 heteroatoms. The SMILES string of the molecule is Cn1ccc(NC(=O)[C@@H]2Cc3cc(Cl)ccc3O2)n1. The molecular formula is C13H12ClN3O2. The molecule has 19 heavy (non-hydrogen) atoms. The van der Waals surface area contributed by atoms with Crippen LogP contribution in [0.25, 0.3) is 0 Å². The van der Waals surface area contributed by atoms with Crippen LogP contribution in [0.3, 0.4) is 0 Å². The van der Waals surface area contributed by atoms with Gasteiger partial charge in [-0.05, 0) is 23.8 Å². The molecule has 98 valence electrons. The van der Waals surface area contributed by atoms with Gasteiger partial charge < -0.3 is 10.1 Å². The van der Waals surface area contributed by atoms with E-state index in [4.69, 9.17) is 16.3 Å². The van der Waals surface area contributed by atoms with Crippen molar-refractivity contribution < 1.29 is 9.53 Å². The second-order valence-corrected chi connectivity index (χ2v) is 4.86.